The minimum absolute atomic E-state index is 0.144. The molecule has 172 valence electrons. The summed E-state index contributed by atoms with van der Waals surface area (Å²) in [7, 11) is 0. The standard InChI is InChI=1S/C26H19BrClNO5/c1-3-32-22-14-16(12-19(27)23(22)33-25(30)18-6-4-5-7-20(18)28)13-21-26(31)34-24(29-21)17-10-8-15(2)9-11-17/h4-14H,3H2,1-2H3/b21-13-. The highest BCUT2D eigenvalue weighted by Gasteiger charge is 2.25. The number of aliphatic imine (C=N–C) groups is 1. The minimum Gasteiger partial charge on any atom is -0.490 e. The summed E-state index contributed by atoms with van der Waals surface area (Å²) in [5, 5.41) is 0.282. The van der Waals surface area contributed by atoms with E-state index in [1.807, 2.05) is 38.1 Å². The van der Waals surface area contributed by atoms with Gasteiger partial charge in [-0.1, -0.05) is 41.4 Å². The number of hydrogen-bond acceptors (Lipinski definition) is 6. The van der Waals surface area contributed by atoms with Crippen LogP contribution in [0.25, 0.3) is 6.08 Å². The van der Waals surface area contributed by atoms with E-state index < -0.39 is 11.9 Å². The molecule has 3 aromatic carbocycles. The molecule has 1 aliphatic rings. The van der Waals surface area contributed by atoms with Crippen LogP contribution in [-0.4, -0.2) is 24.4 Å². The van der Waals surface area contributed by atoms with Gasteiger partial charge in [0, 0.05) is 5.56 Å². The van der Waals surface area contributed by atoms with Gasteiger partial charge in [0.2, 0.25) is 5.90 Å². The lowest BCUT2D eigenvalue weighted by molar-refractivity contribution is -0.129. The molecule has 0 fully saturated rings. The number of rotatable bonds is 6. The Labute approximate surface area is 209 Å². The van der Waals surface area contributed by atoms with Gasteiger partial charge in [-0.15, -0.1) is 0 Å². The molecule has 0 N–H and O–H groups in total. The first kappa shape index (κ1) is 23.7. The third-order valence-electron chi connectivity index (χ3n) is 4.84. The van der Waals surface area contributed by atoms with Crippen LogP contribution in [-0.2, 0) is 9.53 Å². The van der Waals surface area contributed by atoms with Crippen molar-refractivity contribution in [2.75, 3.05) is 6.61 Å². The Hall–Kier alpha value is -3.42. The van der Waals surface area contributed by atoms with Crippen LogP contribution in [0, 0.1) is 6.92 Å². The molecule has 34 heavy (non-hydrogen) atoms. The average Bonchev–Trinajstić information content (AvgIpc) is 3.17. The largest absolute Gasteiger partial charge is 0.490 e. The summed E-state index contributed by atoms with van der Waals surface area (Å²) in [5.41, 5.74) is 2.78. The zero-order valence-corrected chi connectivity index (χ0v) is 20.6. The Morgan fingerprint density at radius 2 is 1.88 bits per heavy atom. The molecule has 1 aliphatic heterocycles. The van der Waals surface area contributed by atoms with Gasteiger partial charge in [-0.2, -0.15) is 0 Å². The van der Waals surface area contributed by atoms with Crippen molar-refractivity contribution in [3.05, 3.63) is 98.1 Å². The van der Waals surface area contributed by atoms with E-state index in [-0.39, 0.29) is 27.9 Å². The van der Waals surface area contributed by atoms with E-state index >= 15 is 0 Å². The number of cyclic esters (lactones) is 1. The summed E-state index contributed by atoms with van der Waals surface area (Å²) in [4.78, 5) is 29.4. The Morgan fingerprint density at radius 1 is 1.15 bits per heavy atom. The number of benzene rings is 3. The second-order valence-corrected chi connectivity index (χ2v) is 8.60. The second-order valence-electron chi connectivity index (χ2n) is 7.33. The van der Waals surface area contributed by atoms with E-state index in [2.05, 4.69) is 20.9 Å². The topological polar surface area (TPSA) is 74.2 Å². The van der Waals surface area contributed by atoms with Crippen LogP contribution < -0.4 is 9.47 Å². The van der Waals surface area contributed by atoms with Crippen LogP contribution in [0.15, 0.2) is 75.8 Å². The van der Waals surface area contributed by atoms with Crippen molar-refractivity contribution in [2.24, 2.45) is 4.99 Å². The number of nitrogens with zero attached hydrogens (tertiary/aromatic N) is 1. The maximum atomic E-state index is 12.7. The maximum Gasteiger partial charge on any atom is 0.363 e. The lowest BCUT2D eigenvalue weighted by atomic mass is 10.1. The molecule has 4 rings (SSSR count). The molecule has 1 heterocycles. The van der Waals surface area contributed by atoms with Crippen molar-refractivity contribution in [1.29, 1.82) is 0 Å². The predicted octanol–water partition coefficient (Wildman–Crippen LogP) is 6.37. The summed E-state index contributed by atoms with van der Waals surface area (Å²) in [6, 6.07) is 17.5. The number of hydrogen-bond donors (Lipinski definition) is 0. The van der Waals surface area contributed by atoms with E-state index in [4.69, 9.17) is 25.8 Å². The summed E-state index contributed by atoms with van der Waals surface area (Å²) in [6.07, 6.45) is 1.58. The fourth-order valence-electron chi connectivity index (χ4n) is 3.19. The van der Waals surface area contributed by atoms with Gasteiger partial charge in [0.15, 0.2) is 17.2 Å². The molecule has 0 radical (unpaired) electrons. The second kappa shape index (κ2) is 10.2. The van der Waals surface area contributed by atoms with Crippen LogP contribution in [0.2, 0.25) is 5.02 Å². The summed E-state index contributed by atoms with van der Waals surface area (Å²) < 4.78 is 17.1. The molecule has 3 aromatic rings. The van der Waals surface area contributed by atoms with E-state index in [1.54, 1.807) is 42.5 Å². The zero-order chi connectivity index (χ0) is 24.2. The maximum absolute atomic E-state index is 12.7. The molecule has 0 aliphatic carbocycles. The van der Waals surface area contributed by atoms with Gasteiger partial charge in [-0.25, -0.2) is 14.6 Å². The van der Waals surface area contributed by atoms with Crippen molar-refractivity contribution >= 4 is 51.4 Å². The lowest BCUT2D eigenvalue weighted by Gasteiger charge is -2.14. The van der Waals surface area contributed by atoms with Crippen LogP contribution in [0.5, 0.6) is 11.5 Å². The van der Waals surface area contributed by atoms with Crippen molar-refractivity contribution < 1.29 is 23.8 Å². The molecule has 8 heteroatoms. The van der Waals surface area contributed by atoms with Gasteiger partial charge in [0.25, 0.3) is 0 Å². The molecular formula is C26H19BrClNO5. The van der Waals surface area contributed by atoms with Crippen molar-refractivity contribution in [2.45, 2.75) is 13.8 Å². The lowest BCUT2D eigenvalue weighted by Crippen LogP contribution is -2.11. The molecule has 6 nitrogen and oxygen atoms in total. The Kier molecular flexibility index (Phi) is 7.14. The number of carbonyl (C=O) groups is 2. The van der Waals surface area contributed by atoms with Gasteiger partial charge in [-0.05, 0) is 77.8 Å². The van der Waals surface area contributed by atoms with E-state index in [1.165, 1.54) is 0 Å². The van der Waals surface area contributed by atoms with Crippen LogP contribution >= 0.6 is 27.5 Å². The summed E-state index contributed by atoms with van der Waals surface area (Å²) in [5.74, 6) is -0.417. The summed E-state index contributed by atoms with van der Waals surface area (Å²) >= 11 is 9.55. The summed E-state index contributed by atoms with van der Waals surface area (Å²) in [6.45, 7) is 4.12. The van der Waals surface area contributed by atoms with Gasteiger partial charge >= 0.3 is 11.9 Å². The Bertz CT molecular complexity index is 1330. The van der Waals surface area contributed by atoms with Crippen LogP contribution in [0.4, 0.5) is 0 Å². The number of aryl methyl sites for hydroxylation is 1. The zero-order valence-electron chi connectivity index (χ0n) is 18.3. The monoisotopic (exact) mass is 539 g/mol. The van der Waals surface area contributed by atoms with Crippen LogP contribution in [0.1, 0.15) is 34.0 Å². The minimum atomic E-state index is -0.620. The number of esters is 2. The van der Waals surface area contributed by atoms with E-state index in [0.29, 0.717) is 28.0 Å². The molecule has 0 spiro atoms. The van der Waals surface area contributed by atoms with Crippen molar-refractivity contribution in [3.63, 3.8) is 0 Å². The Morgan fingerprint density at radius 3 is 2.59 bits per heavy atom. The fraction of sp³-hybridized carbons (Fsp3) is 0.115. The molecule has 0 saturated carbocycles. The molecule has 0 unspecified atom stereocenters. The quantitative estimate of drug-likeness (QED) is 0.206. The highest BCUT2D eigenvalue weighted by Crippen LogP contribution is 2.38. The van der Waals surface area contributed by atoms with Crippen LogP contribution in [0.3, 0.4) is 0 Å². The highest BCUT2D eigenvalue weighted by molar-refractivity contribution is 9.10. The predicted molar refractivity (Wildman–Crippen MR) is 134 cm³/mol. The van der Waals surface area contributed by atoms with Gasteiger partial charge < -0.3 is 14.2 Å². The first-order chi connectivity index (χ1) is 16.4. The number of halogens is 2. The van der Waals surface area contributed by atoms with E-state index in [9.17, 15) is 9.59 Å². The Balaban J connectivity index is 1.65. The highest BCUT2D eigenvalue weighted by atomic mass is 79.9. The SMILES string of the molecule is CCOc1cc(/C=C2\N=C(c3ccc(C)cc3)OC2=O)cc(Br)c1OC(=O)c1ccccc1Cl. The molecule has 0 aromatic heterocycles. The third kappa shape index (κ3) is 5.21. The van der Waals surface area contributed by atoms with Crippen molar-refractivity contribution in [3.8, 4) is 11.5 Å². The third-order valence-corrected chi connectivity index (χ3v) is 5.76. The fourth-order valence-corrected chi connectivity index (χ4v) is 3.95. The van der Waals surface area contributed by atoms with Crippen molar-refractivity contribution in [1.82, 2.24) is 0 Å². The molecule has 0 atom stereocenters. The molecule has 0 saturated heterocycles. The first-order valence-electron chi connectivity index (χ1n) is 10.4. The van der Waals surface area contributed by atoms with E-state index in [0.717, 1.165) is 5.56 Å². The average molecular weight is 541 g/mol. The van der Waals surface area contributed by atoms with Gasteiger partial charge in [0.1, 0.15) is 0 Å². The van der Waals surface area contributed by atoms with Gasteiger partial charge in [-0.3, -0.25) is 0 Å². The molecule has 0 amide bonds. The number of carbonyl (C=O) groups excluding carboxylic acids is 2. The first-order valence-corrected chi connectivity index (χ1v) is 11.6. The molecule has 0 bridgehead atoms. The molecular weight excluding hydrogens is 522 g/mol. The normalized spacial score (nSPS) is 14.1. The smallest absolute Gasteiger partial charge is 0.363 e. The van der Waals surface area contributed by atoms with Gasteiger partial charge in [0.05, 0.1) is 21.7 Å². The number of ether oxygens (including phenoxy) is 3.